The number of aromatic nitrogens is 3. The summed E-state index contributed by atoms with van der Waals surface area (Å²) >= 11 is 11.8. The average molecular weight is 403 g/mol. The number of carbonyl (C=O) groups excluding carboxylic acids is 1. The molecular weight excluding hydrogens is 387 g/mol. The van der Waals surface area contributed by atoms with Crippen molar-refractivity contribution in [1.29, 1.82) is 0 Å². The lowest BCUT2D eigenvalue weighted by Gasteiger charge is -2.12. The van der Waals surface area contributed by atoms with Gasteiger partial charge in [0.2, 0.25) is 5.78 Å². The van der Waals surface area contributed by atoms with E-state index < -0.39 is 0 Å². The van der Waals surface area contributed by atoms with Crippen LogP contribution in [0.15, 0.2) is 42.7 Å². The van der Waals surface area contributed by atoms with Crippen molar-refractivity contribution in [1.82, 2.24) is 15.0 Å². The van der Waals surface area contributed by atoms with Crippen LogP contribution in [0.4, 0.5) is 5.82 Å². The van der Waals surface area contributed by atoms with Crippen molar-refractivity contribution in [3.05, 3.63) is 75.4 Å². The molecule has 0 bridgehead atoms. The number of nitrogens with one attached hydrogen (secondary N) is 1. The van der Waals surface area contributed by atoms with Crippen LogP contribution >= 0.6 is 23.2 Å². The van der Waals surface area contributed by atoms with E-state index in [1.165, 1.54) is 6.20 Å². The van der Waals surface area contributed by atoms with E-state index in [1.54, 1.807) is 19.4 Å². The zero-order chi connectivity index (χ0) is 19.4. The maximum absolute atomic E-state index is 12.8. The van der Waals surface area contributed by atoms with Crippen LogP contribution in [0.1, 0.15) is 27.2 Å². The fourth-order valence-corrected chi connectivity index (χ4v) is 2.92. The van der Waals surface area contributed by atoms with Crippen LogP contribution in [0.5, 0.6) is 5.75 Å². The monoisotopic (exact) mass is 402 g/mol. The van der Waals surface area contributed by atoms with Gasteiger partial charge in [-0.3, -0.25) is 4.79 Å². The van der Waals surface area contributed by atoms with E-state index in [2.05, 4.69) is 20.3 Å². The first-order valence-corrected chi connectivity index (χ1v) is 8.80. The molecule has 3 rings (SSSR count). The summed E-state index contributed by atoms with van der Waals surface area (Å²) in [6.45, 7) is 2.37. The van der Waals surface area contributed by atoms with Crippen molar-refractivity contribution in [3.8, 4) is 5.75 Å². The number of methoxy groups -OCH3 is 1. The summed E-state index contributed by atoms with van der Waals surface area (Å²) in [4.78, 5) is 25.0. The van der Waals surface area contributed by atoms with E-state index in [0.717, 1.165) is 11.3 Å². The molecule has 3 aromatic rings. The molecule has 1 aromatic carbocycles. The second kappa shape index (κ2) is 8.33. The number of anilines is 1. The highest BCUT2D eigenvalue weighted by atomic mass is 35.5. The largest absolute Gasteiger partial charge is 0.497 e. The molecule has 0 amide bonds. The fourth-order valence-electron chi connectivity index (χ4n) is 2.52. The normalized spacial score (nSPS) is 10.5. The quantitative estimate of drug-likeness (QED) is 0.617. The second-order valence-corrected chi connectivity index (χ2v) is 6.44. The molecule has 1 N–H and O–H groups in total. The third-order valence-electron chi connectivity index (χ3n) is 3.98. The molecule has 6 nitrogen and oxygen atoms in total. The van der Waals surface area contributed by atoms with Gasteiger partial charge in [0.15, 0.2) is 5.15 Å². The summed E-state index contributed by atoms with van der Waals surface area (Å²) in [5.41, 5.74) is 2.25. The molecule has 2 heterocycles. The Hall–Kier alpha value is -2.70. The smallest absolute Gasteiger partial charge is 0.214 e. The van der Waals surface area contributed by atoms with Gasteiger partial charge in [0.05, 0.1) is 13.3 Å². The van der Waals surface area contributed by atoms with Crippen LogP contribution in [0.3, 0.4) is 0 Å². The second-order valence-electron chi connectivity index (χ2n) is 5.70. The summed E-state index contributed by atoms with van der Waals surface area (Å²) in [6, 6.07) is 9.32. The lowest BCUT2D eigenvalue weighted by atomic mass is 10.0. The van der Waals surface area contributed by atoms with Gasteiger partial charge in [-0.05, 0) is 30.7 Å². The van der Waals surface area contributed by atoms with Gasteiger partial charge in [-0.15, -0.1) is 0 Å². The van der Waals surface area contributed by atoms with Gasteiger partial charge in [-0.2, -0.15) is 0 Å². The van der Waals surface area contributed by atoms with Crippen LogP contribution in [0, 0.1) is 6.92 Å². The van der Waals surface area contributed by atoms with E-state index in [-0.39, 0.29) is 21.8 Å². The van der Waals surface area contributed by atoms with Crippen molar-refractivity contribution in [3.63, 3.8) is 0 Å². The Bertz CT molecular complexity index is 978. The van der Waals surface area contributed by atoms with E-state index in [9.17, 15) is 4.79 Å². The number of ether oxygens (including phenoxy) is 1. The Kier molecular flexibility index (Phi) is 5.88. The Morgan fingerprint density at radius 1 is 1.15 bits per heavy atom. The Balaban J connectivity index is 1.81. The zero-order valence-corrected chi connectivity index (χ0v) is 16.2. The Morgan fingerprint density at radius 3 is 2.56 bits per heavy atom. The van der Waals surface area contributed by atoms with Crippen LogP contribution in [-0.4, -0.2) is 27.8 Å². The number of carbonyl (C=O) groups is 1. The summed E-state index contributed by atoms with van der Waals surface area (Å²) in [7, 11) is 1.63. The first-order valence-electron chi connectivity index (χ1n) is 8.04. The maximum Gasteiger partial charge on any atom is 0.214 e. The predicted molar refractivity (Wildman–Crippen MR) is 105 cm³/mol. The maximum atomic E-state index is 12.8. The molecule has 0 radical (unpaired) electrons. The standard InChI is InChI=1S/C19H16Cl2N4O2/c1-11-14(17(26)16-18(21)25-15(20)10-23-16)7-8-22-19(11)24-9-12-3-5-13(27-2)6-4-12/h3-8,10H,9H2,1-2H3,(H,22,24). The van der Waals surface area contributed by atoms with Gasteiger partial charge < -0.3 is 10.1 Å². The van der Waals surface area contributed by atoms with Crippen molar-refractivity contribution in [2.45, 2.75) is 13.5 Å². The minimum absolute atomic E-state index is 0.0311. The van der Waals surface area contributed by atoms with E-state index >= 15 is 0 Å². The number of rotatable bonds is 6. The molecule has 0 aliphatic rings. The lowest BCUT2D eigenvalue weighted by Crippen LogP contribution is -2.11. The first kappa shape index (κ1) is 19.1. The Labute approximate surface area is 166 Å². The van der Waals surface area contributed by atoms with Crippen LogP contribution < -0.4 is 10.1 Å². The number of hydrogen-bond donors (Lipinski definition) is 1. The molecule has 0 aliphatic carbocycles. The molecule has 8 heteroatoms. The molecule has 138 valence electrons. The number of halogens is 2. The first-order chi connectivity index (χ1) is 13.0. The minimum Gasteiger partial charge on any atom is -0.497 e. The minimum atomic E-state index is -0.337. The molecular formula is C19H16Cl2N4O2. The fraction of sp³-hybridized carbons (Fsp3) is 0.158. The number of ketones is 1. The highest BCUT2D eigenvalue weighted by Crippen LogP contribution is 2.23. The topological polar surface area (TPSA) is 77.0 Å². The predicted octanol–water partition coefficient (Wildman–Crippen LogP) is 4.34. The molecule has 2 aromatic heterocycles. The van der Waals surface area contributed by atoms with Crippen molar-refractivity contribution < 1.29 is 9.53 Å². The Morgan fingerprint density at radius 2 is 1.89 bits per heavy atom. The summed E-state index contributed by atoms with van der Waals surface area (Å²) in [6.07, 6.45) is 2.86. The van der Waals surface area contributed by atoms with Crippen LogP contribution in [-0.2, 0) is 6.54 Å². The summed E-state index contributed by atoms with van der Waals surface area (Å²) in [5, 5.41) is 3.34. The van der Waals surface area contributed by atoms with Crippen molar-refractivity contribution >= 4 is 34.8 Å². The number of nitrogens with zero attached hydrogens (tertiary/aromatic N) is 3. The molecule has 0 fully saturated rings. The van der Waals surface area contributed by atoms with Gasteiger partial charge in [0.1, 0.15) is 22.4 Å². The molecule has 0 aliphatic heterocycles. The van der Waals surface area contributed by atoms with E-state index in [4.69, 9.17) is 27.9 Å². The zero-order valence-electron chi connectivity index (χ0n) is 14.7. The van der Waals surface area contributed by atoms with Crippen LogP contribution in [0.25, 0.3) is 0 Å². The SMILES string of the molecule is COc1ccc(CNc2nccc(C(=O)c3ncc(Cl)nc3Cl)c2C)cc1. The van der Waals surface area contributed by atoms with Gasteiger partial charge in [0, 0.05) is 23.9 Å². The third kappa shape index (κ3) is 4.35. The van der Waals surface area contributed by atoms with Crippen molar-refractivity contribution in [2.75, 3.05) is 12.4 Å². The molecule has 0 unspecified atom stereocenters. The number of hydrogen-bond acceptors (Lipinski definition) is 6. The summed E-state index contributed by atoms with van der Waals surface area (Å²) in [5.74, 6) is 1.06. The highest BCUT2D eigenvalue weighted by molar-refractivity contribution is 6.35. The lowest BCUT2D eigenvalue weighted by molar-refractivity contribution is 0.103. The van der Waals surface area contributed by atoms with Crippen molar-refractivity contribution in [2.24, 2.45) is 0 Å². The number of pyridine rings is 1. The van der Waals surface area contributed by atoms with Gasteiger partial charge in [-0.25, -0.2) is 15.0 Å². The third-order valence-corrected chi connectivity index (χ3v) is 4.43. The van der Waals surface area contributed by atoms with Gasteiger partial charge in [0.25, 0.3) is 0 Å². The van der Waals surface area contributed by atoms with Gasteiger partial charge in [-0.1, -0.05) is 35.3 Å². The average Bonchev–Trinajstić information content (AvgIpc) is 2.67. The molecule has 27 heavy (non-hydrogen) atoms. The van der Waals surface area contributed by atoms with Gasteiger partial charge >= 0.3 is 0 Å². The van der Waals surface area contributed by atoms with E-state index in [1.807, 2.05) is 31.2 Å². The molecule has 0 atom stereocenters. The van der Waals surface area contributed by atoms with E-state index in [0.29, 0.717) is 23.5 Å². The highest BCUT2D eigenvalue weighted by Gasteiger charge is 2.19. The molecule has 0 saturated carbocycles. The molecule has 0 saturated heterocycles. The number of benzene rings is 1. The summed E-state index contributed by atoms with van der Waals surface area (Å²) < 4.78 is 5.15. The van der Waals surface area contributed by atoms with Crippen LogP contribution in [0.2, 0.25) is 10.3 Å². The molecule has 0 spiro atoms.